The van der Waals surface area contributed by atoms with Crippen LogP contribution in [0.4, 0.5) is 0 Å². The number of nitrogens with zero attached hydrogens (tertiary/aromatic N) is 3. The Kier molecular flexibility index (Phi) is 5.25. The summed E-state index contributed by atoms with van der Waals surface area (Å²) in [5, 5.41) is 4.08. The first-order valence-electron chi connectivity index (χ1n) is 8.38. The molecule has 3 rings (SSSR count). The van der Waals surface area contributed by atoms with Crippen molar-refractivity contribution in [3.8, 4) is 0 Å². The summed E-state index contributed by atoms with van der Waals surface area (Å²) < 4.78 is 10.3. The summed E-state index contributed by atoms with van der Waals surface area (Å²) in [5.74, 6) is 1.05. The van der Waals surface area contributed by atoms with Crippen molar-refractivity contribution < 1.29 is 14.1 Å². The molecule has 1 atom stereocenters. The molecule has 6 nitrogen and oxygen atoms in total. The van der Waals surface area contributed by atoms with Crippen LogP contribution in [0.1, 0.15) is 59.4 Å². The zero-order valence-electron chi connectivity index (χ0n) is 14.2. The average Bonchev–Trinajstić information content (AvgIpc) is 2.91. The third-order valence-electron chi connectivity index (χ3n) is 4.36. The quantitative estimate of drug-likeness (QED) is 0.861. The second-order valence-electron chi connectivity index (χ2n) is 6.21. The highest BCUT2D eigenvalue weighted by molar-refractivity contribution is 5.94. The van der Waals surface area contributed by atoms with Crippen molar-refractivity contribution >= 4 is 5.91 Å². The van der Waals surface area contributed by atoms with Crippen molar-refractivity contribution in [2.75, 3.05) is 13.7 Å². The normalized spacial score (nSPS) is 18.4. The van der Waals surface area contributed by atoms with Gasteiger partial charge in [-0.2, -0.15) is 4.98 Å². The monoisotopic (exact) mass is 329 g/mol. The number of carbonyl (C=O) groups excluding carboxylic acids is 1. The topological polar surface area (TPSA) is 68.5 Å². The van der Waals surface area contributed by atoms with Gasteiger partial charge in [-0.1, -0.05) is 35.7 Å². The van der Waals surface area contributed by atoms with Crippen LogP contribution in [-0.2, 0) is 11.3 Å². The Hall–Kier alpha value is -2.21. The molecule has 1 aromatic carbocycles. The van der Waals surface area contributed by atoms with Crippen LogP contribution in [0.5, 0.6) is 0 Å². The molecule has 6 heteroatoms. The molecule has 1 amide bonds. The molecule has 0 spiro atoms. The average molecular weight is 329 g/mol. The van der Waals surface area contributed by atoms with Gasteiger partial charge in [-0.3, -0.25) is 4.79 Å². The summed E-state index contributed by atoms with van der Waals surface area (Å²) >= 11 is 0. The highest BCUT2D eigenvalue weighted by atomic mass is 16.5. The van der Waals surface area contributed by atoms with Crippen LogP contribution in [0.2, 0.25) is 0 Å². The van der Waals surface area contributed by atoms with Crippen LogP contribution in [0.25, 0.3) is 0 Å². The third kappa shape index (κ3) is 3.64. The number of methoxy groups -OCH3 is 1. The fraction of sp³-hybridized carbons (Fsp3) is 0.500. The zero-order valence-corrected chi connectivity index (χ0v) is 14.2. The number of hydrogen-bond acceptors (Lipinski definition) is 5. The molecule has 0 N–H and O–H groups in total. The van der Waals surface area contributed by atoms with E-state index in [-0.39, 0.29) is 18.6 Å². The molecule has 2 aromatic rings. The largest absolute Gasteiger partial charge is 0.375 e. The first-order chi connectivity index (χ1) is 11.7. The standard InChI is InChI=1S/C18H23N3O3/c1-13-7-9-14(10-8-13)18(22)21-11-5-3-4-6-15(21)17-19-16(12-23-2)24-20-17/h7-10,15H,3-6,11-12H2,1-2H3. The minimum atomic E-state index is -0.143. The van der Waals surface area contributed by atoms with Crippen molar-refractivity contribution in [3.63, 3.8) is 0 Å². The number of ether oxygens (including phenoxy) is 1. The van der Waals surface area contributed by atoms with Gasteiger partial charge in [-0.05, 0) is 31.9 Å². The second kappa shape index (κ2) is 7.57. The Morgan fingerprint density at radius 1 is 1.29 bits per heavy atom. The Labute approximate surface area is 141 Å². The number of aryl methyl sites for hydroxylation is 1. The van der Waals surface area contributed by atoms with Crippen LogP contribution >= 0.6 is 0 Å². The minimum Gasteiger partial charge on any atom is -0.375 e. The minimum absolute atomic E-state index is 0.0278. The van der Waals surface area contributed by atoms with Crippen LogP contribution in [0, 0.1) is 6.92 Å². The highest BCUT2D eigenvalue weighted by Crippen LogP contribution is 2.30. The van der Waals surface area contributed by atoms with Gasteiger partial charge in [0.2, 0.25) is 0 Å². The van der Waals surface area contributed by atoms with E-state index in [9.17, 15) is 4.79 Å². The molecular weight excluding hydrogens is 306 g/mol. The Morgan fingerprint density at radius 2 is 2.08 bits per heavy atom. The molecule has 0 aliphatic carbocycles. The van der Waals surface area contributed by atoms with Gasteiger partial charge in [-0.15, -0.1) is 0 Å². The molecular formula is C18H23N3O3. The Bertz CT molecular complexity index is 681. The summed E-state index contributed by atoms with van der Waals surface area (Å²) in [7, 11) is 1.59. The SMILES string of the molecule is COCc1nc(C2CCCCCN2C(=O)c2ccc(C)cc2)no1. The van der Waals surface area contributed by atoms with Crippen molar-refractivity contribution in [3.05, 3.63) is 47.1 Å². The summed E-state index contributed by atoms with van der Waals surface area (Å²) in [6.07, 6.45) is 4.01. The predicted molar refractivity (Wildman–Crippen MR) is 88.4 cm³/mol. The van der Waals surface area contributed by atoms with Gasteiger partial charge in [0, 0.05) is 19.2 Å². The van der Waals surface area contributed by atoms with E-state index in [0.29, 0.717) is 23.8 Å². The van der Waals surface area contributed by atoms with Crippen LogP contribution in [0.15, 0.2) is 28.8 Å². The lowest BCUT2D eigenvalue weighted by Gasteiger charge is -2.28. The summed E-state index contributed by atoms with van der Waals surface area (Å²) in [5.41, 5.74) is 1.84. The van der Waals surface area contributed by atoms with E-state index >= 15 is 0 Å². The van der Waals surface area contributed by atoms with Crippen LogP contribution in [-0.4, -0.2) is 34.6 Å². The summed E-state index contributed by atoms with van der Waals surface area (Å²) in [4.78, 5) is 19.3. The Morgan fingerprint density at radius 3 is 2.83 bits per heavy atom. The molecule has 1 aromatic heterocycles. The molecule has 0 saturated carbocycles. The van der Waals surface area contributed by atoms with Crippen LogP contribution in [0.3, 0.4) is 0 Å². The van der Waals surface area contributed by atoms with Crippen molar-refractivity contribution in [2.24, 2.45) is 0 Å². The molecule has 1 aliphatic rings. The van der Waals surface area contributed by atoms with E-state index in [0.717, 1.165) is 31.2 Å². The fourth-order valence-corrected chi connectivity index (χ4v) is 3.07. The first-order valence-corrected chi connectivity index (χ1v) is 8.38. The second-order valence-corrected chi connectivity index (χ2v) is 6.21. The maximum Gasteiger partial charge on any atom is 0.254 e. The maximum atomic E-state index is 13.0. The molecule has 0 radical (unpaired) electrons. The Balaban J connectivity index is 1.86. The van der Waals surface area contributed by atoms with Crippen LogP contribution < -0.4 is 0 Å². The van der Waals surface area contributed by atoms with E-state index < -0.39 is 0 Å². The summed E-state index contributed by atoms with van der Waals surface area (Å²) in [6, 6.07) is 7.55. The number of hydrogen-bond donors (Lipinski definition) is 0. The number of likely N-dealkylation sites (tertiary alicyclic amines) is 1. The lowest BCUT2D eigenvalue weighted by atomic mass is 10.1. The molecule has 1 unspecified atom stereocenters. The van der Waals surface area contributed by atoms with Gasteiger partial charge < -0.3 is 14.2 Å². The smallest absolute Gasteiger partial charge is 0.254 e. The van der Waals surface area contributed by atoms with Crippen molar-refractivity contribution in [1.82, 2.24) is 15.0 Å². The zero-order chi connectivity index (χ0) is 16.9. The summed E-state index contributed by atoms with van der Waals surface area (Å²) in [6.45, 7) is 3.01. The van der Waals surface area contributed by atoms with E-state index in [1.165, 1.54) is 0 Å². The molecule has 24 heavy (non-hydrogen) atoms. The highest BCUT2D eigenvalue weighted by Gasteiger charge is 2.31. The van der Waals surface area contributed by atoms with E-state index in [1.54, 1.807) is 7.11 Å². The van der Waals surface area contributed by atoms with E-state index in [2.05, 4.69) is 10.1 Å². The van der Waals surface area contributed by atoms with Gasteiger partial charge in [0.25, 0.3) is 11.8 Å². The number of aromatic nitrogens is 2. The van der Waals surface area contributed by atoms with Gasteiger partial charge >= 0.3 is 0 Å². The number of benzene rings is 1. The van der Waals surface area contributed by atoms with Crippen molar-refractivity contribution in [1.29, 1.82) is 0 Å². The van der Waals surface area contributed by atoms with Crippen molar-refractivity contribution in [2.45, 2.75) is 45.3 Å². The van der Waals surface area contributed by atoms with Gasteiger partial charge in [0.1, 0.15) is 6.61 Å². The molecule has 2 heterocycles. The van der Waals surface area contributed by atoms with Gasteiger partial charge in [0.15, 0.2) is 5.82 Å². The molecule has 128 valence electrons. The fourth-order valence-electron chi connectivity index (χ4n) is 3.07. The number of amides is 1. The molecule has 1 saturated heterocycles. The predicted octanol–water partition coefficient (Wildman–Crippen LogP) is 3.28. The van der Waals surface area contributed by atoms with E-state index in [1.807, 2.05) is 36.1 Å². The van der Waals surface area contributed by atoms with E-state index in [4.69, 9.17) is 9.26 Å². The number of carbonyl (C=O) groups is 1. The maximum absolute atomic E-state index is 13.0. The third-order valence-corrected chi connectivity index (χ3v) is 4.36. The lowest BCUT2D eigenvalue weighted by Crippen LogP contribution is -2.35. The number of rotatable bonds is 4. The lowest BCUT2D eigenvalue weighted by molar-refractivity contribution is 0.0670. The van der Waals surface area contributed by atoms with Gasteiger partial charge in [0.05, 0.1) is 6.04 Å². The molecule has 1 fully saturated rings. The molecule has 1 aliphatic heterocycles. The first kappa shape index (κ1) is 16.6. The molecule has 0 bridgehead atoms. The van der Waals surface area contributed by atoms with Gasteiger partial charge in [-0.25, -0.2) is 0 Å².